The van der Waals surface area contributed by atoms with Crippen LogP contribution in [0.25, 0.3) is 0 Å². The molecule has 0 atom stereocenters. The molecule has 1 saturated heterocycles. The second-order valence-electron chi connectivity index (χ2n) is 7.86. The van der Waals surface area contributed by atoms with Crippen molar-refractivity contribution in [1.29, 1.82) is 0 Å². The predicted molar refractivity (Wildman–Crippen MR) is 130 cm³/mol. The van der Waals surface area contributed by atoms with Crippen LogP contribution in [0.2, 0.25) is 0 Å². The maximum atomic E-state index is 11.0. The van der Waals surface area contributed by atoms with Crippen molar-refractivity contribution in [2.75, 3.05) is 39.4 Å². The molecule has 168 valence electrons. The quantitative estimate of drug-likeness (QED) is 0.185. The van der Waals surface area contributed by atoms with Gasteiger partial charge < -0.3 is 15.4 Å². The smallest absolute Gasteiger partial charge is 0.269 e. The van der Waals surface area contributed by atoms with E-state index < -0.39 is 0 Å². The summed E-state index contributed by atoms with van der Waals surface area (Å²) in [5.74, 6) is 0.761. The van der Waals surface area contributed by atoms with E-state index in [9.17, 15) is 10.1 Å². The van der Waals surface area contributed by atoms with Crippen LogP contribution in [-0.4, -0.2) is 60.7 Å². The average molecular weight is 531 g/mol. The molecular weight excluding hydrogens is 497 g/mol. The molecule has 2 N–H and O–H groups in total. The monoisotopic (exact) mass is 531 g/mol. The first-order chi connectivity index (χ1) is 14.1. The molecule has 1 aromatic rings. The highest BCUT2D eigenvalue weighted by atomic mass is 127. The largest absolute Gasteiger partial charge is 0.379 e. The van der Waals surface area contributed by atoms with Gasteiger partial charge in [-0.25, -0.2) is 4.99 Å². The van der Waals surface area contributed by atoms with Crippen molar-refractivity contribution in [3.63, 3.8) is 0 Å². The number of hydrogen-bond donors (Lipinski definition) is 2. The van der Waals surface area contributed by atoms with Gasteiger partial charge in [0.25, 0.3) is 5.69 Å². The Bertz CT molecular complexity index is 704. The van der Waals surface area contributed by atoms with Crippen LogP contribution in [0.3, 0.4) is 0 Å². The maximum Gasteiger partial charge on any atom is 0.269 e. The zero-order valence-corrected chi connectivity index (χ0v) is 20.1. The van der Waals surface area contributed by atoms with Gasteiger partial charge >= 0.3 is 0 Å². The maximum absolute atomic E-state index is 11.0. The molecule has 1 aliphatic carbocycles. The number of non-ortho nitro benzene ring substituents is 1. The summed E-state index contributed by atoms with van der Waals surface area (Å²) in [7, 11) is 0. The van der Waals surface area contributed by atoms with Crippen LogP contribution in [-0.2, 0) is 11.3 Å². The summed E-state index contributed by atoms with van der Waals surface area (Å²) in [6, 6.07) is 6.67. The summed E-state index contributed by atoms with van der Waals surface area (Å²) in [5.41, 5.74) is 1.09. The third-order valence-corrected chi connectivity index (χ3v) is 5.94. The van der Waals surface area contributed by atoms with Crippen molar-refractivity contribution in [1.82, 2.24) is 15.5 Å². The van der Waals surface area contributed by atoms with Gasteiger partial charge in [-0.2, -0.15) is 0 Å². The number of nitro benzene ring substituents is 1. The molecule has 30 heavy (non-hydrogen) atoms. The Hall–Kier alpha value is -1.46. The summed E-state index contributed by atoms with van der Waals surface area (Å²) in [6.45, 7) is 7.67. The Morgan fingerprint density at radius 2 is 1.97 bits per heavy atom. The molecule has 2 fully saturated rings. The molecule has 0 spiro atoms. The van der Waals surface area contributed by atoms with Gasteiger partial charge in [0.15, 0.2) is 5.96 Å². The summed E-state index contributed by atoms with van der Waals surface area (Å²) < 4.78 is 5.57. The van der Waals surface area contributed by atoms with Gasteiger partial charge in [0.05, 0.1) is 24.7 Å². The predicted octanol–water partition coefficient (Wildman–Crippen LogP) is 3.30. The van der Waals surface area contributed by atoms with Gasteiger partial charge in [-0.3, -0.25) is 15.0 Å². The van der Waals surface area contributed by atoms with Crippen LogP contribution in [0.4, 0.5) is 5.69 Å². The highest BCUT2D eigenvalue weighted by Gasteiger charge is 2.38. The summed E-state index contributed by atoms with van der Waals surface area (Å²) in [5, 5.41) is 17.9. The topological polar surface area (TPSA) is 92.0 Å². The van der Waals surface area contributed by atoms with Gasteiger partial charge in [-0.1, -0.05) is 31.4 Å². The number of halogens is 1. The first-order valence-electron chi connectivity index (χ1n) is 10.7. The average Bonchev–Trinajstić information content (AvgIpc) is 2.77. The minimum Gasteiger partial charge on any atom is -0.379 e. The molecule has 2 aliphatic rings. The third-order valence-electron chi connectivity index (χ3n) is 5.94. The van der Waals surface area contributed by atoms with Crippen molar-refractivity contribution in [2.45, 2.75) is 51.1 Å². The van der Waals surface area contributed by atoms with Gasteiger partial charge in [0, 0.05) is 43.9 Å². The fraction of sp³-hybridized carbons (Fsp3) is 0.667. The second-order valence-corrected chi connectivity index (χ2v) is 7.86. The van der Waals surface area contributed by atoms with Crippen LogP contribution < -0.4 is 10.6 Å². The van der Waals surface area contributed by atoms with Crippen molar-refractivity contribution >= 4 is 35.6 Å². The van der Waals surface area contributed by atoms with Crippen molar-refractivity contribution < 1.29 is 9.66 Å². The number of benzene rings is 1. The highest BCUT2D eigenvalue weighted by Crippen LogP contribution is 2.33. The standard InChI is InChI=1S/C21H33N5O3.HI/c1-2-22-20(23-16-18-7-6-8-19(15-18)26(27)28)24-17-21(9-4-3-5-10-21)25-11-13-29-14-12-25;/h6-8,15H,2-5,9-14,16-17H2,1H3,(H2,22,23,24);1H. The van der Waals surface area contributed by atoms with Gasteiger partial charge in [0.2, 0.25) is 0 Å². The Balaban J connectivity index is 0.00000320. The van der Waals surface area contributed by atoms with E-state index in [1.165, 1.54) is 38.2 Å². The number of hydrogen-bond acceptors (Lipinski definition) is 5. The van der Waals surface area contributed by atoms with Crippen LogP contribution in [0.1, 0.15) is 44.6 Å². The van der Waals surface area contributed by atoms with Gasteiger partial charge in [0.1, 0.15) is 0 Å². The van der Waals surface area contributed by atoms with Gasteiger partial charge in [-0.15, -0.1) is 24.0 Å². The van der Waals surface area contributed by atoms with Crippen molar-refractivity contribution in [3.05, 3.63) is 39.9 Å². The molecule has 0 amide bonds. The molecule has 1 heterocycles. The van der Waals surface area contributed by atoms with E-state index in [1.807, 2.05) is 13.0 Å². The third kappa shape index (κ3) is 6.78. The van der Waals surface area contributed by atoms with Gasteiger partial charge in [-0.05, 0) is 25.3 Å². The number of rotatable bonds is 7. The fourth-order valence-electron chi connectivity index (χ4n) is 4.38. The van der Waals surface area contributed by atoms with E-state index in [0.717, 1.165) is 50.9 Å². The van der Waals surface area contributed by atoms with Crippen LogP contribution in [0.15, 0.2) is 29.3 Å². The van der Waals surface area contributed by atoms with E-state index in [-0.39, 0.29) is 40.1 Å². The number of guanidine groups is 1. The van der Waals surface area contributed by atoms with Crippen LogP contribution in [0.5, 0.6) is 0 Å². The molecule has 0 aromatic heterocycles. The molecule has 1 saturated carbocycles. The van der Waals surface area contributed by atoms with E-state index in [2.05, 4.69) is 20.5 Å². The molecule has 1 aromatic carbocycles. The Kier molecular flexibility index (Phi) is 10.3. The van der Waals surface area contributed by atoms with Crippen LogP contribution >= 0.6 is 24.0 Å². The lowest BCUT2D eigenvalue weighted by Crippen LogP contribution is -2.60. The summed E-state index contributed by atoms with van der Waals surface area (Å²) in [6.07, 6.45) is 6.24. The minimum atomic E-state index is -0.369. The molecule has 0 unspecified atom stereocenters. The highest BCUT2D eigenvalue weighted by molar-refractivity contribution is 14.0. The fourth-order valence-corrected chi connectivity index (χ4v) is 4.38. The molecule has 1 aliphatic heterocycles. The lowest BCUT2D eigenvalue weighted by atomic mass is 9.80. The van der Waals surface area contributed by atoms with Crippen LogP contribution in [0, 0.1) is 10.1 Å². The Labute approximate surface area is 196 Å². The van der Waals surface area contributed by atoms with E-state index in [0.29, 0.717) is 6.54 Å². The number of nitro groups is 1. The first kappa shape index (κ1) is 24.8. The Morgan fingerprint density at radius 3 is 2.63 bits per heavy atom. The summed E-state index contributed by atoms with van der Waals surface area (Å²) >= 11 is 0. The number of ether oxygens (including phenoxy) is 1. The zero-order valence-electron chi connectivity index (χ0n) is 17.8. The number of nitrogens with zero attached hydrogens (tertiary/aromatic N) is 3. The number of aliphatic imine (C=N–C) groups is 1. The first-order valence-corrected chi connectivity index (χ1v) is 10.7. The van der Waals surface area contributed by atoms with E-state index in [4.69, 9.17) is 4.74 Å². The molecule has 0 radical (unpaired) electrons. The Morgan fingerprint density at radius 1 is 1.23 bits per heavy atom. The lowest BCUT2D eigenvalue weighted by Gasteiger charge is -2.48. The molecule has 3 rings (SSSR count). The second kappa shape index (κ2) is 12.4. The van der Waals surface area contributed by atoms with Crippen molar-refractivity contribution in [2.24, 2.45) is 4.99 Å². The van der Waals surface area contributed by atoms with Crippen molar-refractivity contribution in [3.8, 4) is 0 Å². The minimum absolute atomic E-state index is 0. The molecule has 0 bridgehead atoms. The van der Waals surface area contributed by atoms with E-state index >= 15 is 0 Å². The number of morpholine rings is 1. The molecule has 8 nitrogen and oxygen atoms in total. The van der Waals surface area contributed by atoms with E-state index in [1.54, 1.807) is 12.1 Å². The zero-order chi connectivity index (χ0) is 20.5. The SMILES string of the molecule is CCNC(=NCc1cccc([N+](=O)[O-])c1)NCC1(N2CCOCC2)CCCCC1.I. The lowest BCUT2D eigenvalue weighted by molar-refractivity contribution is -0.384. The number of nitrogens with one attached hydrogen (secondary N) is 2. The normalized spacial score (nSPS) is 19.6. The summed E-state index contributed by atoms with van der Waals surface area (Å²) in [4.78, 5) is 17.9. The molecule has 9 heteroatoms. The molecular formula is C21H34IN5O3.